The topological polar surface area (TPSA) is 196 Å². The lowest BCUT2D eigenvalue weighted by molar-refractivity contribution is -0.174. The Hall–Kier alpha value is -2.78. The summed E-state index contributed by atoms with van der Waals surface area (Å²) < 4.78 is 24.5. The zero-order chi connectivity index (χ0) is 27.5. The molecule has 0 saturated carbocycles. The van der Waals surface area contributed by atoms with E-state index in [-0.39, 0.29) is 37.2 Å². The fourth-order valence-electron chi connectivity index (χ4n) is 3.68. The summed E-state index contributed by atoms with van der Waals surface area (Å²) in [4.78, 5) is 45.6. The van der Waals surface area contributed by atoms with Crippen molar-refractivity contribution in [3.05, 3.63) is 11.6 Å². The van der Waals surface area contributed by atoms with Crippen molar-refractivity contribution >= 4 is 50.7 Å². The third-order valence-corrected chi connectivity index (χ3v) is 6.36. The summed E-state index contributed by atoms with van der Waals surface area (Å²) in [5.41, 5.74) is 5.54. The van der Waals surface area contributed by atoms with Crippen molar-refractivity contribution < 1.29 is 28.0 Å². The molecule has 0 aliphatic rings. The molecule has 0 fully saturated rings. The number of sulfonamides is 1. The van der Waals surface area contributed by atoms with Crippen LogP contribution in [0.15, 0.2) is 16.6 Å². The van der Waals surface area contributed by atoms with Crippen molar-refractivity contribution in [1.82, 2.24) is 20.1 Å². The van der Waals surface area contributed by atoms with Crippen molar-refractivity contribution in [3.63, 3.8) is 0 Å². The Morgan fingerprint density at radius 3 is 2.44 bits per heavy atom. The van der Waals surface area contributed by atoms with Crippen LogP contribution in [0.5, 0.6) is 0 Å². The van der Waals surface area contributed by atoms with E-state index >= 15 is 0 Å². The normalized spacial score (nSPS) is 14.7. The number of nitrogens with one attached hydrogen (secondary N) is 3. The van der Waals surface area contributed by atoms with Gasteiger partial charge in [-0.3, -0.25) is 29.3 Å². The first-order chi connectivity index (χ1) is 16.7. The average molecular weight is 548 g/mol. The Morgan fingerprint density at radius 1 is 1.28 bits per heavy atom. The van der Waals surface area contributed by atoms with E-state index in [9.17, 15) is 28.0 Å². The second kappa shape index (κ2) is 14.7. The molecule has 0 spiro atoms. The van der Waals surface area contributed by atoms with Gasteiger partial charge in [0.05, 0.1) is 18.2 Å². The smallest absolute Gasteiger partial charge is 0.248 e. The summed E-state index contributed by atoms with van der Waals surface area (Å²) in [5, 5.41) is 18.1. The molecular formula is C21H37N7O6S2. The molecule has 3 atom stereocenters. The van der Waals surface area contributed by atoms with Crippen molar-refractivity contribution in [2.24, 2.45) is 28.5 Å². The monoisotopic (exact) mass is 547 g/mol. The van der Waals surface area contributed by atoms with Gasteiger partial charge in [0.1, 0.15) is 6.04 Å². The van der Waals surface area contributed by atoms with E-state index in [1.54, 1.807) is 19.2 Å². The Labute approximate surface area is 215 Å². The predicted molar refractivity (Wildman–Crippen MR) is 138 cm³/mol. The van der Waals surface area contributed by atoms with Gasteiger partial charge in [-0.15, -0.1) is 11.3 Å². The summed E-state index contributed by atoms with van der Waals surface area (Å²) in [6.07, 6.45) is 3.58. The first kappa shape index (κ1) is 31.3. The zero-order valence-electron chi connectivity index (χ0n) is 21.2. The minimum Gasteiger partial charge on any atom is -0.369 e. The molecule has 0 radical (unpaired) electrons. The quantitative estimate of drug-likeness (QED) is 0.0529. The number of hydroxylamine groups is 2. The first-order valence-electron chi connectivity index (χ1n) is 11.5. The largest absolute Gasteiger partial charge is 0.369 e. The molecule has 0 bridgehead atoms. The van der Waals surface area contributed by atoms with Gasteiger partial charge in [-0.25, -0.2) is 18.5 Å². The fourth-order valence-corrected chi connectivity index (χ4v) is 4.65. The lowest BCUT2D eigenvalue weighted by Crippen LogP contribution is -2.52. The highest BCUT2D eigenvalue weighted by Crippen LogP contribution is 2.25. The molecule has 0 aliphatic carbocycles. The van der Waals surface area contributed by atoms with Crippen LogP contribution in [-0.4, -0.2) is 72.7 Å². The maximum Gasteiger partial charge on any atom is 0.248 e. The van der Waals surface area contributed by atoms with Gasteiger partial charge in [0.2, 0.25) is 34.2 Å². The standard InChI is InChI=1S/C21H37N7O6S2/c1-13(2)11-15(17(14(3)4)28(32)12-29)18(30)25-16(19(31)26-21-24-9-10-35-21)7-6-8-23-20(22)27-36(5,33)34/h9-10,12-17,32H,6-8,11H2,1-5H3,(H,25,30)(H3,22,23,27)(H,24,26,31)/t15-,16+,17+/m1/s1. The Bertz CT molecular complexity index is 983. The number of guanidine groups is 1. The van der Waals surface area contributed by atoms with E-state index in [1.807, 2.05) is 13.8 Å². The van der Waals surface area contributed by atoms with Gasteiger partial charge in [0, 0.05) is 18.1 Å². The molecule has 0 aliphatic heterocycles. The number of aliphatic imine (C=N–C) groups is 1. The lowest BCUT2D eigenvalue weighted by Gasteiger charge is -2.34. The molecule has 204 valence electrons. The van der Waals surface area contributed by atoms with Gasteiger partial charge < -0.3 is 16.4 Å². The van der Waals surface area contributed by atoms with Crippen molar-refractivity contribution in [3.8, 4) is 0 Å². The molecule has 0 unspecified atom stereocenters. The number of amides is 3. The first-order valence-corrected chi connectivity index (χ1v) is 14.2. The minimum atomic E-state index is -3.56. The second-order valence-corrected chi connectivity index (χ2v) is 11.8. The van der Waals surface area contributed by atoms with Crippen molar-refractivity contribution in [1.29, 1.82) is 0 Å². The van der Waals surface area contributed by atoms with Gasteiger partial charge in [0.15, 0.2) is 5.13 Å². The van der Waals surface area contributed by atoms with Crippen molar-refractivity contribution in [2.45, 2.75) is 59.0 Å². The molecule has 36 heavy (non-hydrogen) atoms. The van der Waals surface area contributed by atoms with E-state index in [1.165, 1.54) is 17.5 Å². The number of carbonyl (C=O) groups is 3. The molecule has 13 nitrogen and oxygen atoms in total. The summed E-state index contributed by atoms with van der Waals surface area (Å²) >= 11 is 1.22. The molecule has 6 N–H and O–H groups in total. The van der Waals surface area contributed by atoms with Crippen LogP contribution in [0, 0.1) is 17.8 Å². The Balaban J connectivity index is 3.07. The Kier molecular flexibility index (Phi) is 12.8. The third kappa shape index (κ3) is 11.3. The van der Waals surface area contributed by atoms with Gasteiger partial charge in [-0.1, -0.05) is 27.7 Å². The van der Waals surface area contributed by atoms with Crippen molar-refractivity contribution in [2.75, 3.05) is 18.1 Å². The predicted octanol–water partition coefficient (Wildman–Crippen LogP) is 0.745. The van der Waals surface area contributed by atoms with Crippen LogP contribution in [0.3, 0.4) is 0 Å². The third-order valence-electron chi connectivity index (χ3n) is 5.09. The number of aromatic nitrogens is 1. The molecular weight excluding hydrogens is 510 g/mol. The van der Waals surface area contributed by atoms with Crippen LogP contribution in [0.1, 0.15) is 47.0 Å². The molecule has 0 aromatic carbocycles. The van der Waals surface area contributed by atoms with Gasteiger partial charge in [-0.05, 0) is 31.1 Å². The molecule has 1 heterocycles. The number of hydrogen-bond donors (Lipinski definition) is 5. The van der Waals surface area contributed by atoms with Gasteiger partial charge in [0.25, 0.3) is 0 Å². The van der Waals surface area contributed by atoms with Gasteiger partial charge in [-0.2, -0.15) is 0 Å². The molecule has 0 saturated heterocycles. The van der Waals surface area contributed by atoms with Crippen LogP contribution in [0.4, 0.5) is 5.13 Å². The van der Waals surface area contributed by atoms with E-state index < -0.39 is 39.8 Å². The highest BCUT2D eigenvalue weighted by molar-refractivity contribution is 7.89. The number of carbonyl (C=O) groups excluding carboxylic acids is 3. The number of nitrogens with two attached hydrogens (primary N) is 1. The highest BCUT2D eigenvalue weighted by atomic mass is 32.2. The van der Waals surface area contributed by atoms with E-state index in [0.717, 1.165) is 6.26 Å². The summed E-state index contributed by atoms with van der Waals surface area (Å²) in [6, 6.07) is -1.77. The maximum absolute atomic E-state index is 13.4. The van der Waals surface area contributed by atoms with Gasteiger partial charge >= 0.3 is 0 Å². The minimum absolute atomic E-state index is 0.0734. The summed E-state index contributed by atoms with van der Waals surface area (Å²) in [6.45, 7) is 7.51. The number of nitrogens with zero attached hydrogens (tertiary/aromatic N) is 3. The number of anilines is 1. The molecule has 1 aromatic heterocycles. The molecule has 1 rings (SSSR count). The van der Waals surface area contributed by atoms with Crippen LogP contribution < -0.4 is 21.1 Å². The van der Waals surface area contributed by atoms with Crippen LogP contribution >= 0.6 is 11.3 Å². The highest BCUT2D eigenvalue weighted by Gasteiger charge is 2.36. The average Bonchev–Trinajstić information content (AvgIpc) is 3.26. The Morgan fingerprint density at radius 2 is 1.94 bits per heavy atom. The van der Waals surface area contributed by atoms with Crippen LogP contribution in [0.2, 0.25) is 0 Å². The number of thiazole rings is 1. The van der Waals surface area contributed by atoms with Crippen LogP contribution in [-0.2, 0) is 24.4 Å². The van der Waals surface area contributed by atoms with E-state index in [2.05, 4.69) is 25.3 Å². The second-order valence-electron chi connectivity index (χ2n) is 9.13. The van der Waals surface area contributed by atoms with E-state index in [4.69, 9.17) is 5.73 Å². The number of rotatable bonds is 15. The lowest BCUT2D eigenvalue weighted by atomic mass is 9.83. The number of hydrogen-bond acceptors (Lipinski definition) is 9. The zero-order valence-corrected chi connectivity index (χ0v) is 22.8. The van der Waals surface area contributed by atoms with E-state index in [0.29, 0.717) is 23.0 Å². The summed E-state index contributed by atoms with van der Waals surface area (Å²) in [5.74, 6) is -2.20. The molecule has 3 amide bonds. The SMILES string of the molecule is CC(C)C[C@@H](C(=O)N[C@@H](CCCN=C(N)NS(C)(=O)=O)C(=O)Nc1nccs1)[C@H](C(C)C)N(O)C=O. The molecule has 15 heteroatoms. The fraction of sp³-hybridized carbons (Fsp3) is 0.667. The maximum atomic E-state index is 13.4. The molecule has 1 aromatic rings. The van der Waals surface area contributed by atoms with Crippen LogP contribution in [0.25, 0.3) is 0 Å². The summed E-state index contributed by atoms with van der Waals surface area (Å²) in [7, 11) is -3.56.